The number of nitrogens with zero attached hydrogens (tertiary/aromatic N) is 1. The van der Waals surface area contributed by atoms with E-state index in [1.165, 1.54) is 19.1 Å². The molecule has 110 valence electrons. The Morgan fingerprint density at radius 3 is 2.38 bits per heavy atom. The van der Waals surface area contributed by atoms with Gasteiger partial charge in [0.05, 0.1) is 6.07 Å². The van der Waals surface area contributed by atoms with Gasteiger partial charge in [-0.25, -0.2) is 4.79 Å². The fourth-order valence-electron chi connectivity index (χ4n) is 1.62. The van der Waals surface area contributed by atoms with Crippen LogP contribution < -0.4 is 10.6 Å². The average Bonchev–Trinajstić information content (AvgIpc) is 2.43. The predicted octanol–water partition coefficient (Wildman–Crippen LogP) is 1.13. The number of carbonyl (C=O) groups excluding carboxylic acids is 2. The highest BCUT2D eigenvalue weighted by atomic mass is 16.4. The molecule has 0 saturated heterocycles. The monoisotopic (exact) mass is 289 g/mol. The van der Waals surface area contributed by atoms with Gasteiger partial charge in [0, 0.05) is 24.6 Å². The first kappa shape index (κ1) is 16.2. The number of amides is 2. The van der Waals surface area contributed by atoms with E-state index in [1.807, 2.05) is 6.07 Å². The van der Waals surface area contributed by atoms with Crippen LogP contribution >= 0.6 is 0 Å². The van der Waals surface area contributed by atoms with Crippen LogP contribution in [0.15, 0.2) is 24.3 Å². The molecule has 0 saturated carbocycles. The Balaban J connectivity index is 2.71. The van der Waals surface area contributed by atoms with Gasteiger partial charge in [0.1, 0.15) is 6.04 Å². The molecule has 0 aliphatic rings. The molecule has 0 radical (unpaired) electrons. The van der Waals surface area contributed by atoms with Crippen molar-refractivity contribution in [1.82, 2.24) is 5.32 Å². The zero-order chi connectivity index (χ0) is 15.8. The van der Waals surface area contributed by atoms with Crippen molar-refractivity contribution < 1.29 is 19.5 Å². The Morgan fingerprint density at radius 1 is 1.29 bits per heavy atom. The maximum atomic E-state index is 11.9. The zero-order valence-electron chi connectivity index (χ0n) is 11.4. The number of hydrogen-bond acceptors (Lipinski definition) is 4. The smallest absolute Gasteiger partial charge is 0.326 e. The Kier molecular flexibility index (Phi) is 5.89. The summed E-state index contributed by atoms with van der Waals surface area (Å²) >= 11 is 0. The van der Waals surface area contributed by atoms with E-state index < -0.39 is 17.9 Å². The quantitative estimate of drug-likeness (QED) is 0.725. The summed E-state index contributed by atoms with van der Waals surface area (Å²) in [5.41, 5.74) is 0.811. The van der Waals surface area contributed by atoms with E-state index in [2.05, 4.69) is 10.6 Å². The van der Waals surface area contributed by atoms with E-state index >= 15 is 0 Å². The van der Waals surface area contributed by atoms with E-state index in [9.17, 15) is 14.4 Å². The Labute approximate surface area is 121 Å². The van der Waals surface area contributed by atoms with E-state index in [4.69, 9.17) is 10.4 Å². The summed E-state index contributed by atoms with van der Waals surface area (Å²) in [6.45, 7) is 1.37. The molecule has 7 nitrogen and oxygen atoms in total. The number of nitrogens with one attached hydrogen (secondary N) is 2. The number of carboxylic acids is 1. The molecule has 21 heavy (non-hydrogen) atoms. The van der Waals surface area contributed by atoms with E-state index in [0.29, 0.717) is 5.69 Å². The second-order valence-corrected chi connectivity index (χ2v) is 4.32. The lowest BCUT2D eigenvalue weighted by molar-refractivity contribution is -0.139. The number of hydrogen-bond donors (Lipinski definition) is 3. The van der Waals surface area contributed by atoms with Gasteiger partial charge in [-0.1, -0.05) is 0 Å². The Hall–Kier alpha value is -2.88. The molecule has 1 rings (SSSR count). The molecule has 7 heteroatoms. The largest absolute Gasteiger partial charge is 0.480 e. The lowest BCUT2D eigenvalue weighted by atomic mass is 10.1. The highest BCUT2D eigenvalue weighted by molar-refractivity contribution is 5.97. The molecule has 0 heterocycles. The third kappa shape index (κ3) is 5.32. The van der Waals surface area contributed by atoms with E-state index in [0.717, 1.165) is 0 Å². The summed E-state index contributed by atoms with van der Waals surface area (Å²) in [7, 11) is 0. The van der Waals surface area contributed by atoms with Crippen LogP contribution in [0, 0.1) is 11.3 Å². The van der Waals surface area contributed by atoms with Crippen LogP contribution in [0.1, 0.15) is 30.1 Å². The van der Waals surface area contributed by atoms with Crippen LogP contribution in [0.5, 0.6) is 0 Å². The molecule has 1 aromatic rings. The van der Waals surface area contributed by atoms with Crippen molar-refractivity contribution in [2.24, 2.45) is 0 Å². The van der Waals surface area contributed by atoms with Crippen LogP contribution in [0.3, 0.4) is 0 Å². The van der Waals surface area contributed by atoms with Crippen LogP contribution in [-0.4, -0.2) is 28.9 Å². The predicted molar refractivity (Wildman–Crippen MR) is 74.5 cm³/mol. The summed E-state index contributed by atoms with van der Waals surface area (Å²) in [5, 5.41) is 22.3. The normalized spacial score (nSPS) is 11.0. The number of aliphatic carboxylic acids is 1. The summed E-state index contributed by atoms with van der Waals surface area (Å²) in [4.78, 5) is 33.8. The highest BCUT2D eigenvalue weighted by Crippen LogP contribution is 2.10. The fourth-order valence-corrected chi connectivity index (χ4v) is 1.62. The number of benzene rings is 1. The lowest BCUT2D eigenvalue weighted by Crippen LogP contribution is -2.40. The highest BCUT2D eigenvalue weighted by Gasteiger charge is 2.20. The van der Waals surface area contributed by atoms with Gasteiger partial charge in [0.25, 0.3) is 5.91 Å². The standard InChI is InChI=1S/C14H15N3O4/c1-9(18)16-11-6-4-10(5-7-11)13(19)17-12(14(20)21)3-2-8-15/h4-7,12H,2-3H2,1H3,(H,16,18)(H,17,19)(H,20,21)/t12-/m1/s1. The van der Waals surface area contributed by atoms with Crippen LogP contribution in [0.25, 0.3) is 0 Å². The molecule has 0 bridgehead atoms. The molecule has 2 amide bonds. The van der Waals surface area contributed by atoms with Crippen LogP contribution in [0.2, 0.25) is 0 Å². The van der Waals surface area contributed by atoms with Gasteiger partial charge >= 0.3 is 5.97 Å². The third-order valence-electron chi connectivity index (χ3n) is 2.62. The van der Waals surface area contributed by atoms with E-state index in [-0.39, 0.29) is 24.3 Å². The number of carboxylic acid groups (broad SMARTS) is 1. The molecule has 0 aliphatic heterocycles. The molecule has 1 aromatic carbocycles. The molecule has 0 aliphatic carbocycles. The first-order chi connectivity index (χ1) is 9.93. The van der Waals surface area contributed by atoms with Gasteiger partial charge < -0.3 is 15.7 Å². The average molecular weight is 289 g/mol. The Morgan fingerprint density at radius 2 is 1.90 bits per heavy atom. The maximum absolute atomic E-state index is 11.9. The molecule has 1 atom stereocenters. The van der Waals surface area contributed by atoms with Crippen molar-refractivity contribution in [1.29, 1.82) is 5.26 Å². The maximum Gasteiger partial charge on any atom is 0.326 e. The van der Waals surface area contributed by atoms with Crippen LogP contribution in [-0.2, 0) is 9.59 Å². The molecule has 3 N–H and O–H groups in total. The van der Waals surface area contributed by atoms with Gasteiger partial charge in [0.2, 0.25) is 5.91 Å². The molecular formula is C14H15N3O4. The summed E-state index contributed by atoms with van der Waals surface area (Å²) in [6.07, 6.45) is 0.0836. The van der Waals surface area contributed by atoms with Crippen molar-refractivity contribution >= 4 is 23.5 Å². The van der Waals surface area contributed by atoms with Gasteiger partial charge in [-0.15, -0.1) is 0 Å². The number of carbonyl (C=O) groups is 3. The van der Waals surface area contributed by atoms with E-state index in [1.54, 1.807) is 12.1 Å². The topological polar surface area (TPSA) is 119 Å². The molecule has 0 fully saturated rings. The fraction of sp³-hybridized carbons (Fsp3) is 0.286. The molecule has 0 spiro atoms. The van der Waals surface area contributed by atoms with Crippen molar-refractivity contribution in [3.05, 3.63) is 29.8 Å². The number of nitriles is 1. The van der Waals surface area contributed by atoms with Gasteiger partial charge in [-0.2, -0.15) is 5.26 Å². The number of anilines is 1. The second-order valence-electron chi connectivity index (χ2n) is 4.32. The first-order valence-electron chi connectivity index (χ1n) is 6.22. The first-order valence-corrected chi connectivity index (χ1v) is 6.22. The van der Waals surface area contributed by atoms with Crippen molar-refractivity contribution in [3.8, 4) is 6.07 Å². The third-order valence-corrected chi connectivity index (χ3v) is 2.62. The minimum absolute atomic E-state index is 0.0404. The molecular weight excluding hydrogens is 274 g/mol. The zero-order valence-corrected chi connectivity index (χ0v) is 11.4. The number of rotatable bonds is 6. The summed E-state index contributed by atoms with van der Waals surface area (Å²) < 4.78 is 0. The van der Waals surface area contributed by atoms with Crippen molar-refractivity contribution in [2.75, 3.05) is 5.32 Å². The lowest BCUT2D eigenvalue weighted by Gasteiger charge is -2.13. The van der Waals surface area contributed by atoms with Crippen molar-refractivity contribution in [2.45, 2.75) is 25.8 Å². The SMILES string of the molecule is CC(=O)Nc1ccc(C(=O)N[C@H](CCC#N)C(=O)O)cc1. The minimum atomic E-state index is -1.19. The second kappa shape index (κ2) is 7.65. The van der Waals surface area contributed by atoms with Crippen molar-refractivity contribution in [3.63, 3.8) is 0 Å². The van der Waals surface area contributed by atoms with Gasteiger partial charge in [0.15, 0.2) is 0 Å². The van der Waals surface area contributed by atoms with Gasteiger partial charge in [-0.05, 0) is 30.7 Å². The minimum Gasteiger partial charge on any atom is -0.480 e. The Bertz CT molecular complexity index is 575. The van der Waals surface area contributed by atoms with Gasteiger partial charge in [-0.3, -0.25) is 9.59 Å². The molecule has 0 unspecified atom stereocenters. The summed E-state index contributed by atoms with van der Waals surface area (Å²) in [5.74, 6) is -1.96. The molecule has 0 aromatic heterocycles. The van der Waals surface area contributed by atoms with Crippen LogP contribution in [0.4, 0.5) is 5.69 Å². The summed E-state index contributed by atoms with van der Waals surface area (Å²) in [6, 6.07) is 6.77.